The number of benzene rings is 1. The second kappa shape index (κ2) is 8.46. The number of carbonyl (C=O) groups excluding carboxylic acids is 1. The van der Waals surface area contributed by atoms with E-state index in [4.69, 9.17) is 0 Å². The molecule has 0 bridgehead atoms. The topological polar surface area (TPSA) is 76.4 Å². The van der Waals surface area contributed by atoms with Gasteiger partial charge in [0.25, 0.3) is 5.56 Å². The van der Waals surface area contributed by atoms with Crippen LogP contribution in [0.3, 0.4) is 0 Å². The van der Waals surface area contributed by atoms with E-state index in [9.17, 15) is 9.59 Å². The predicted octanol–water partition coefficient (Wildman–Crippen LogP) is 2.82. The van der Waals surface area contributed by atoms with Crippen molar-refractivity contribution < 1.29 is 4.79 Å². The molecule has 0 saturated heterocycles. The number of hydrogen-bond donors (Lipinski definition) is 1. The maximum absolute atomic E-state index is 12.1. The molecule has 0 fully saturated rings. The van der Waals surface area contributed by atoms with Crippen molar-refractivity contribution in [2.45, 2.75) is 32.1 Å². The lowest BCUT2D eigenvalue weighted by Gasteiger charge is -2.14. The third kappa shape index (κ3) is 4.50. The van der Waals surface area contributed by atoms with Crippen LogP contribution in [0.15, 0.2) is 41.2 Å². The van der Waals surface area contributed by atoms with Crippen molar-refractivity contribution in [2.24, 2.45) is 0 Å². The van der Waals surface area contributed by atoms with Crippen molar-refractivity contribution in [2.75, 3.05) is 5.75 Å². The maximum atomic E-state index is 12.1. The summed E-state index contributed by atoms with van der Waals surface area (Å²) in [4.78, 5) is 29.3. The highest BCUT2D eigenvalue weighted by Gasteiger charge is 2.11. The molecule has 2 heterocycles. The molecular formula is C18H20N4O2S2. The number of hydrogen-bond acceptors (Lipinski definition) is 6. The summed E-state index contributed by atoms with van der Waals surface area (Å²) in [6.07, 6.45) is 0.775. The molecule has 3 rings (SSSR count). The summed E-state index contributed by atoms with van der Waals surface area (Å²) >= 11 is 2.87. The summed E-state index contributed by atoms with van der Waals surface area (Å²) in [5.74, 6) is 0.800. The zero-order valence-electron chi connectivity index (χ0n) is 14.6. The average Bonchev–Trinajstić information content (AvgIpc) is 3.06. The quantitative estimate of drug-likeness (QED) is 0.673. The van der Waals surface area contributed by atoms with E-state index in [0.717, 1.165) is 17.0 Å². The summed E-state index contributed by atoms with van der Waals surface area (Å²) < 4.78 is 1.34. The van der Waals surface area contributed by atoms with Gasteiger partial charge >= 0.3 is 0 Å². The molecule has 6 nitrogen and oxygen atoms in total. The fraction of sp³-hybridized carbons (Fsp3) is 0.333. The molecule has 26 heavy (non-hydrogen) atoms. The number of rotatable bonds is 7. The van der Waals surface area contributed by atoms with Gasteiger partial charge < -0.3 is 5.32 Å². The van der Waals surface area contributed by atoms with E-state index in [2.05, 4.69) is 15.4 Å². The summed E-state index contributed by atoms with van der Waals surface area (Å²) in [5.41, 5.74) is 1.57. The van der Waals surface area contributed by atoms with Gasteiger partial charge in [-0.1, -0.05) is 48.6 Å². The molecule has 1 aromatic carbocycles. The van der Waals surface area contributed by atoms with Crippen LogP contribution in [-0.4, -0.2) is 26.3 Å². The van der Waals surface area contributed by atoms with Crippen LogP contribution in [-0.2, 0) is 17.0 Å². The first kappa shape index (κ1) is 18.6. The summed E-state index contributed by atoms with van der Waals surface area (Å²) in [6.45, 7) is 3.96. The third-order valence-electron chi connectivity index (χ3n) is 3.80. The van der Waals surface area contributed by atoms with E-state index in [1.54, 1.807) is 0 Å². The number of fused-ring (bicyclic) bond motifs is 1. The van der Waals surface area contributed by atoms with Crippen LogP contribution in [0.5, 0.6) is 0 Å². The molecule has 0 saturated carbocycles. The van der Waals surface area contributed by atoms with Crippen LogP contribution in [0, 0.1) is 0 Å². The van der Waals surface area contributed by atoms with Crippen LogP contribution in [0.1, 0.15) is 36.2 Å². The number of nitrogens with one attached hydrogen (secondary N) is 1. The van der Waals surface area contributed by atoms with Gasteiger partial charge in [-0.05, 0) is 18.9 Å². The Morgan fingerprint density at radius 1 is 1.35 bits per heavy atom. The summed E-state index contributed by atoms with van der Waals surface area (Å²) in [6, 6.07) is 11.3. The maximum Gasteiger partial charge on any atom is 0.275 e. The molecule has 1 atom stereocenters. The Labute approximate surface area is 159 Å². The Bertz CT molecular complexity index is 953. The number of aryl methyl sites for hydroxylation is 1. The highest BCUT2D eigenvalue weighted by molar-refractivity contribution is 7.99. The van der Waals surface area contributed by atoms with Crippen LogP contribution < -0.4 is 10.9 Å². The second-order valence-electron chi connectivity index (χ2n) is 5.82. The van der Waals surface area contributed by atoms with Crippen molar-refractivity contribution in [3.05, 3.63) is 63.0 Å². The lowest BCUT2D eigenvalue weighted by molar-refractivity contribution is -0.119. The van der Waals surface area contributed by atoms with Crippen LogP contribution in [0.2, 0.25) is 0 Å². The number of nitrogens with zero attached hydrogens (tertiary/aromatic N) is 3. The highest BCUT2D eigenvalue weighted by Crippen LogP contribution is 2.15. The summed E-state index contributed by atoms with van der Waals surface area (Å²) in [7, 11) is 0. The predicted molar refractivity (Wildman–Crippen MR) is 106 cm³/mol. The van der Waals surface area contributed by atoms with E-state index < -0.39 is 0 Å². The smallest absolute Gasteiger partial charge is 0.275 e. The minimum absolute atomic E-state index is 0.0322. The summed E-state index contributed by atoms with van der Waals surface area (Å²) in [5, 5.41) is 8.09. The Kier molecular flexibility index (Phi) is 6.05. The standard InChI is InChI=1S/C18H20N4O2S2/c1-3-16-21-22-17(24)9-14(20-18(22)26-16)10-25-11-15(23)19-12(2)13-7-5-4-6-8-13/h4-9,12H,3,10-11H2,1-2H3,(H,19,23)/t12-/m0/s1. The van der Waals surface area contributed by atoms with E-state index in [-0.39, 0.29) is 17.5 Å². The van der Waals surface area contributed by atoms with Crippen molar-refractivity contribution >= 4 is 34.0 Å². The van der Waals surface area contributed by atoms with Gasteiger partial charge in [-0.15, -0.1) is 11.8 Å². The van der Waals surface area contributed by atoms with E-state index in [0.29, 0.717) is 22.2 Å². The number of carbonyl (C=O) groups is 1. The molecule has 8 heteroatoms. The number of amides is 1. The first-order valence-electron chi connectivity index (χ1n) is 8.37. The third-order valence-corrected chi connectivity index (χ3v) is 5.82. The van der Waals surface area contributed by atoms with Gasteiger partial charge in [0.2, 0.25) is 10.9 Å². The molecule has 1 amide bonds. The number of thioether (sulfide) groups is 1. The molecule has 1 N–H and O–H groups in total. The second-order valence-corrected chi connectivity index (χ2v) is 7.85. The van der Waals surface area contributed by atoms with Gasteiger partial charge in [0.1, 0.15) is 5.01 Å². The fourth-order valence-corrected chi connectivity index (χ4v) is 4.05. The Morgan fingerprint density at radius 3 is 2.85 bits per heavy atom. The molecule has 2 aromatic heterocycles. The van der Waals surface area contributed by atoms with Gasteiger partial charge in [-0.2, -0.15) is 9.61 Å². The van der Waals surface area contributed by atoms with E-state index in [1.807, 2.05) is 44.2 Å². The monoisotopic (exact) mass is 388 g/mol. The lowest BCUT2D eigenvalue weighted by Crippen LogP contribution is -2.28. The highest BCUT2D eigenvalue weighted by atomic mass is 32.2. The van der Waals surface area contributed by atoms with Crippen molar-refractivity contribution in [3.63, 3.8) is 0 Å². The Balaban J connectivity index is 1.55. The molecule has 0 spiro atoms. The van der Waals surface area contributed by atoms with E-state index >= 15 is 0 Å². The molecular weight excluding hydrogens is 368 g/mol. The molecule has 0 unspecified atom stereocenters. The Hall–Kier alpha value is -2.19. The Morgan fingerprint density at radius 2 is 2.12 bits per heavy atom. The average molecular weight is 389 g/mol. The van der Waals surface area contributed by atoms with Gasteiger partial charge in [-0.25, -0.2) is 4.98 Å². The minimum atomic E-state index is -0.177. The number of aromatic nitrogens is 3. The lowest BCUT2D eigenvalue weighted by atomic mass is 10.1. The van der Waals surface area contributed by atoms with Gasteiger partial charge in [0.15, 0.2) is 0 Å². The normalized spacial score (nSPS) is 12.2. The van der Waals surface area contributed by atoms with Crippen LogP contribution >= 0.6 is 23.1 Å². The largest absolute Gasteiger partial charge is 0.349 e. The van der Waals surface area contributed by atoms with Crippen molar-refractivity contribution in [1.82, 2.24) is 19.9 Å². The molecule has 0 aliphatic rings. The SMILES string of the molecule is CCc1nn2c(=O)cc(CSCC(=O)N[C@@H](C)c3ccccc3)nc2s1. The molecule has 0 aliphatic carbocycles. The van der Waals surface area contributed by atoms with Crippen LogP contribution in [0.25, 0.3) is 4.96 Å². The zero-order chi connectivity index (χ0) is 18.5. The van der Waals surface area contributed by atoms with Gasteiger partial charge in [0.05, 0.1) is 17.5 Å². The molecule has 0 aliphatic heterocycles. The van der Waals surface area contributed by atoms with Crippen molar-refractivity contribution in [1.29, 1.82) is 0 Å². The minimum Gasteiger partial charge on any atom is -0.349 e. The van der Waals surface area contributed by atoms with Crippen molar-refractivity contribution in [3.8, 4) is 0 Å². The van der Waals surface area contributed by atoms with Crippen LogP contribution in [0.4, 0.5) is 0 Å². The fourth-order valence-electron chi connectivity index (χ4n) is 2.47. The van der Waals surface area contributed by atoms with E-state index in [1.165, 1.54) is 33.7 Å². The van der Waals surface area contributed by atoms with Gasteiger partial charge in [0, 0.05) is 11.8 Å². The first-order valence-corrected chi connectivity index (χ1v) is 10.3. The molecule has 3 aromatic rings. The zero-order valence-corrected chi connectivity index (χ0v) is 16.3. The van der Waals surface area contributed by atoms with Gasteiger partial charge in [-0.3, -0.25) is 9.59 Å². The molecule has 136 valence electrons. The first-order chi connectivity index (χ1) is 12.6. The molecule has 0 radical (unpaired) electrons.